The summed E-state index contributed by atoms with van der Waals surface area (Å²) in [5.41, 5.74) is 2.42. The van der Waals surface area contributed by atoms with Gasteiger partial charge in [-0.05, 0) is 43.1 Å². The second kappa shape index (κ2) is 11.1. The third-order valence-electron chi connectivity index (χ3n) is 3.94. The first-order valence-electron chi connectivity index (χ1n) is 9.12. The van der Waals surface area contributed by atoms with Crippen molar-refractivity contribution in [3.05, 3.63) is 65.7 Å². The minimum atomic E-state index is -0.124. The Labute approximate surface area is 155 Å². The summed E-state index contributed by atoms with van der Waals surface area (Å²) in [6, 6.07) is 17.1. The molecule has 0 heterocycles. The zero-order valence-electron chi connectivity index (χ0n) is 15.3. The zero-order valence-corrected chi connectivity index (χ0v) is 15.3. The lowest BCUT2D eigenvalue weighted by atomic mass is 10.1. The molecule has 0 saturated heterocycles. The highest BCUT2D eigenvalue weighted by atomic mass is 16.2. The van der Waals surface area contributed by atoms with Gasteiger partial charge in [-0.1, -0.05) is 49.7 Å². The second-order valence-corrected chi connectivity index (χ2v) is 6.15. The average Bonchev–Trinajstić information content (AvgIpc) is 2.66. The molecule has 2 amide bonds. The van der Waals surface area contributed by atoms with Crippen molar-refractivity contribution in [3.8, 4) is 0 Å². The fourth-order valence-corrected chi connectivity index (χ4v) is 2.50. The number of rotatable bonds is 10. The normalized spacial score (nSPS) is 10.3. The van der Waals surface area contributed by atoms with E-state index < -0.39 is 0 Å². The van der Waals surface area contributed by atoms with Gasteiger partial charge >= 0.3 is 0 Å². The quantitative estimate of drug-likeness (QED) is 0.575. The van der Waals surface area contributed by atoms with Crippen molar-refractivity contribution in [3.63, 3.8) is 0 Å². The average molecular weight is 353 g/mol. The highest BCUT2D eigenvalue weighted by molar-refractivity contribution is 5.97. The molecule has 3 N–H and O–H groups in total. The number of anilines is 1. The molecule has 5 nitrogen and oxygen atoms in total. The first-order valence-corrected chi connectivity index (χ1v) is 9.12. The van der Waals surface area contributed by atoms with Crippen molar-refractivity contribution in [2.24, 2.45) is 0 Å². The monoisotopic (exact) mass is 353 g/mol. The van der Waals surface area contributed by atoms with Crippen LogP contribution in [-0.4, -0.2) is 31.4 Å². The minimum Gasteiger partial charge on any atom is -0.352 e. The Hall–Kier alpha value is -2.66. The Bertz CT molecular complexity index is 701. The Morgan fingerprint density at radius 2 is 1.77 bits per heavy atom. The van der Waals surface area contributed by atoms with Gasteiger partial charge < -0.3 is 16.0 Å². The summed E-state index contributed by atoms with van der Waals surface area (Å²) in [6.45, 7) is 3.71. The molecule has 2 aromatic carbocycles. The van der Waals surface area contributed by atoms with Crippen LogP contribution in [0.2, 0.25) is 0 Å². The lowest BCUT2D eigenvalue weighted by molar-refractivity contribution is -0.115. The number of benzene rings is 2. The molecule has 26 heavy (non-hydrogen) atoms. The van der Waals surface area contributed by atoms with Gasteiger partial charge in [-0.15, -0.1) is 0 Å². The number of unbranched alkanes of at least 4 members (excludes halogenated alkanes) is 1. The fourth-order valence-electron chi connectivity index (χ4n) is 2.50. The summed E-state index contributed by atoms with van der Waals surface area (Å²) in [6.07, 6.45) is 2.87. The van der Waals surface area contributed by atoms with Gasteiger partial charge in [-0.2, -0.15) is 0 Å². The number of carbonyl (C=O) groups is 2. The van der Waals surface area contributed by atoms with E-state index in [0.29, 0.717) is 17.8 Å². The van der Waals surface area contributed by atoms with Gasteiger partial charge in [0.05, 0.1) is 6.54 Å². The highest BCUT2D eigenvalue weighted by Crippen LogP contribution is 2.10. The van der Waals surface area contributed by atoms with Crippen LogP contribution in [0.15, 0.2) is 54.6 Å². The van der Waals surface area contributed by atoms with Gasteiger partial charge in [0.25, 0.3) is 5.91 Å². The third kappa shape index (κ3) is 7.07. The standard InChI is InChI=1S/C21H27N3O2/c1-2-3-13-23-21(26)18-10-7-11-19(15-18)24-20(25)16-22-14-12-17-8-5-4-6-9-17/h4-11,15,22H,2-3,12-14,16H2,1H3,(H,23,26)(H,24,25). The molecule has 5 heteroatoms. The largest absolute Gasteiger partial charge is 0.352 e. The molecule has 138 valence electrons. The van der Waals surface area contributed by atoms with E-state index >= 15 is 0 Å². The van der Waals surface area contributed by atoms with Crippen molar-refractivity contribution in [1.82, 2.24) is 10.6 Å². The molecule has 0 aliphatic carbocycles. The van der Waals surface area contributed by atoms with Crippen molar-refractivity contribution < 1.29 is 9.59 Å². The van der Waals surface area contributed by atoms with Crippen LogP contribution in [0, 0.1) is 0 Å². The van der Waals surface area contributed by atoms with Crippen LogP contribution >= 0.6 is 0 Å². The van der Waals surface area contributed by atoms with Crippen LogP contribution in [0.3, 0.4) is 0 Å². The minimum absolute atomic E-state index is 0.115. The van der Waals surface area contributed by atoms with E-state index in [4.69, 9.17) is 0 Å². The topological polar surface area (TPSA) is 70.2 Å². The molecule has 0 aliphatic rings. The maximum absolute atomic E-state index is 12.1. The summed E-state index contributed by atoms with van der Waals surface area (Å²) in [4.78, 5) is 24.1. The van der Waals surface area contributed by atoms with E-state index in [-0.39, 0.29) is 18.4 Å². The van der Waals surface area contributed by atoms with E-state index in [1.54, 1.807) is 24.3 Å². The number of amides is 2. The molecule has 0 aliphatic heterocycles. The summed E-state index contributed by atoms with van der Waals surface area (Å²) >= 11 is 0. The van der Waals surface area contributed by atoms with Crippen molar-refractivity contribution in [2.75, 3.05) is 25.0 Å². The summed E-state index contributed by atoms with van der Waals surface area (Å²) < 4.78 is 0. The van der Waals surface area contributed by atoms with Gasteiger partial charge in [0.2, 0.25) is 5.91 Å². The van der Waals surface area contributed by atoms with Gasteiger partial charge in [-0.25, -0.2) is 0 Å². The Kier molecular flexibility index (Phi) is 8.36. The van der Waals surface area contributed by atoms with E-state index in [1.807, 2.05) is 18.2 Å². The first-order chi connectivity index (χ1) is 12.7. The second-order valence-electron chi connectivity index (χ2n) is 6.15. The predicted octanol–water partition coefficient (Wildman–Crippen LogP) is 2.99. The van der Waals surface area contributed by atoms with Crippen LogP contribution in [0.5, 0.6) is 0 Å². The Morgan fingerprint density at radius 3 is 2.54 bits per heavy atom. The molecule has 0 atom stereocenters. The molecule has 0 bridgehead atoms. The predicted molar refractivity (Wildman–Crippen MR) is 105 cm³/mol. The van der Waals surface area contributed by atoms with Crippen LogP contribution in [-0.2, 0) is 11.2 Å². The van der Waals surface area contributed by atoms with Crippen LogP contribution < -0.4 is 16.0 Å². The van der Waals surface area contributed by atoms with Crippen LogP contribution in [0.1, 0.15) is 35.7 Å². The van der Waals surface area contributed by atoms with Crippen molar-refractivity contribution in [2.45, 2.75) is 26.2 Å². The van der Waals surface area contributed by atoms with E-state index in [9.17, 15) is 9.59 Å². The van der Waals surface area contributed by atoms with E-state index in [1.165, 1.54) is 5.56 Å². The molecule has 0 saturated carbocycles. The molecule has 2 aromatic rings. The molecule has 0 aromatic heterocycles. The zero-order chi connectivity index (χ0) is 18.6. The maximum atomic E-state index is 12.1. The third-order valence-corrected chi connectivity index (χ3v) is 3.94. The van der Waals surface area contributed by atoms with Crippen LogP contribution in [0.4, 0.5) is 5.69 Å². The van der Waals surface area contributed by atoms with Gasteiger partial charge in [0, 0.05) is 17.8 Å². The summed E-state index contributed by atoms with van der Waals surface area (Å²) in [5, 5.41) is 8.83. The molecular formula is C21H27N3O2. The number of carbonyl (C=O) groups excluding carboxylic acids is 2. The number of hydrogen-bond acceptors (Lipinski definition) is 3. The molecule has 0 spiro atoms. The highest BCUT2D eigenvalue weighted by Gasteiger charge is 2.07. The lowest BCUT2D eigenvalue weighted by Gasteiger charge is -2.09. The first kappa shape index (κ1) is 19.7. The van der Waals surface area contributed by atoms with Gasteiger partial charge in [0.15, 0.2) is 0 Å². The van der Waals surface area contributed by atoms with E-state index in [0.717, 1.165) is 25.8 Å². The van der Waals surface area contributed by atoms with Gasteiger partial charge in [-0.3, -0.25) is 9.59 Å². The summed E-state index contributed by atoms with van der Waals surface area (Å²) in [5.74, 6) is -0.239. The lowest BCUT2D eigenvalue weighted by Crippen LogP contribution is -2.29. The van der Waals surface area contributed by atoms with Crippen LogP contribution in [0.25, 0.3) is 0 Å². The molecule has 0 fully saturated rings. The SMILES string of the molecule is CCCCNC(=O)c1cccc(NC(=O)CNCCc2ccccc2)c1. The fraction of sp³-hybridized carbons (Fsp3) is 0.333. The maximum Gasteiger partial charge on any atom is 0.251 e. The van der Waals surface area contributed by atoms with Gasteiger partial charge in [0.1, 0.15) is 0 Å². The molecule has 0 unspecified atom stereocenters. The smallest absolute Gasteiger partial charge is 0.251 e. The molecular weight excluding hydrogens is 326 g/mol. The van der Waals surface area contributed by atoms with Crippen molar-refractivity contribution >= 4 is 17.5 Å². The van der Waals surface area contributed by atoms with Crippen molar-refractivity contribution in [1.29, 1.82) is 0 Å². The molecule has 0 radical (unpaired) electrons. The molecule has 2 rings (SSSR count). The number of hydrogen-bond donors (Lipinski definition) is 3. The van der Waals surface area contributed by atoms with E-state index in [2.05, 4.69) is 35.0 Å². The summed E-state index contributed by atoms with van der Waals surface area (Å²) in [7, 11) is 0. The Balaban J connectivity index is 1.74. The number of nitrogens with one attached hydrogen (secondary N) is 3. The Morgan fingerprint density at radius 1 is 0.962 bits per heavy atom.